The molecule has 2 fully saturated rings. The Kier molecular flexibility index (Phi) is 7.97. The van der Waals surface area contributed by atoms with Crippen molar-refractivity contribution in [3.05, 3.63) is 0 Å². The molecule has 0 aliphatic heterocycles. The molecule has 0 heterocycles. The van der Waals surface area contributed by atoms with E-state index in [1.54, 1.807) is 0 Å². The minimum Gasteiger partial charge on any atom is -0.396 e. The van der Waals surface area contributed by atoms with Gasteiger partial charge < -0.3 is 10.4 Å². The highest BCUT2D eigenvalue weighted by molar-refractivity contribution is 4.85. The van der Waals surface area contributed by atoms with Crippen LogP contribution in [0.15, 0.2) is 0 Å². The summed E-state index contributed by atoms with van der Waals surface area (Å²) in [6, 6.07) is 1.31. The van der Waals surface area contributed by atoms with Gasteiger partial charge in [0, 0.05) is 18.7 Å². The molecule has 0 bridgehead atoms. The number of nitrogens with one attached hydrogen (secondary N) is 1. The molecule has 2 rings (SSSR count). The molecule has 2 N–H and O–H groups in total. The van der Waals surface area contributed by atoms with Gasteiger partial charge in [0.2, 0.25) is 0 Å². The van der Waals surface area contributed by atoms with E-state index < -0.39 is 0 Å². The Balaban J connectivity index is 1.76. The van der Waals surface area contributed by atoms with E-state index in [2.05, 4.69) is 5.32 Å². The van der Waals surface area contributed by atoms with Crippen molar-refractivity contribution in [1.29, 1.82) is 0 Å². The van der Waals surface area contributed by atoms with E-state index in [0.717, 1.165) is 0 Å². The lowest BCUT2D eigenvalue weighted by molar-refractivity contribution is 0.195. The maximum Gasteiger partial charge on any atom is 0.0474 e. The lowest BCUT2D eigenvalue weighted by Gasteiger charge is -2.27. The minimum atomic E-state index is 0.379. The normalized spacial score (nSPS) is 31.6. The molecule has 2 atom stereocenters. The molecule has 0 saturated heterocycles. The largest absolute Gasteiger partial charge is 0.396 e. The van der Waals surface area contributed by atoms with E-state index >= 15 is 0 Å². The van der Waals surface area contributed by atoms with Gasteiger partial charge in [0.15, 0.2) is 0 Å². The summed E-state index contributed by atoms with van der Waals surface area (Å²) in [5.74, 6) is 0.524. The average Bonchev–Trinajstić information content (AvgIpc) is 2.89. The molecule has 2 heteroatoms. The second-order valence-corrected chi connectivity index (χ2v) is 7.10. The van der Waals surface area contributed by atoms with Crippen LogP contribution < -0.4 is 5.32 Å². The van der Waals surface area contributed by atoms with Gasteiger partial charge in [-0.15, -0.1) is 0 Å². The second-order valence-electron chi connectivity index (χ2n) is 7.10. The first-order valence-corrected chi connectivity index (χ1v) is 9.27. The summed E-state index contributed by atoms with van der Waals surface area (Å²) in [5, 5.41) is 13.4. The van der Waals surface area contributed by atoms with Gasteiger partial charge >= 0.3 is 0 Å². The summed E-state index contributed by atoms with van der Waals surface area (Å²) in [6.07, 6.45) is 19.4. The van der Waals surface area contributed by atoms with Crippen molar-refractivity contribution in [3.8, 4) is 0 Å². The van der Waals surface area contributed by atoms with Gasteiger partial charge in [-0.25, -0.2) is 0 Å². The second kappa shape index (κ2) is 9.78. The van der Waals surface area contributed by atoms with Crippen LogP contribution in [0.5, 0.6) is 0 Å². The van der Waals surface area contributed by atoms with Crippen LogP contribution in [0.3, 0.4) is 0 Å². The van der Waals surface area contributed by atoms with Gasteiger partial charge in [0.1, 0.15) is 0 Å². The molecular weight excluding hydrogens is 246 g/mol. The molecule has 0 spiro atoms. The maximum atomic E-state index is 9.48. The van der Waals surface area contributed by atoms with E-state index in [1.165, 1.54) is 89.9 Å². The molecule has 118 valence electrons. The number of hydrogen-bond acceptors (Lipinski definition) is 2. The van der Waals surface area contributed by atoms with Crippen molar-refractivity contribution in [2.45, 2.75) is 102 Å². The summed E-state index contributed by atoms with van der Waals surface area (Å²) in [7, 11) is 0. The third-order valence-corrected chi connectivity index (χ3v) is 5.45. The Morgan fingerprint density at radius 2 is 1.20 bits per heavy atom. The van der Waals surface area contributed by atoms with Gasteiger partial charge in [0.05, 0.1) is 0 Å². The molecule has 2 nitrogen and oxygen atoms in total. The smallest absolute Gasteiger partial charge is 0.0474 e. The Labute approximate surface area is 125 Å². The Bertz CT molecular complexity index is 232. The van der Waals surface area contributed by atoms with Gasteiger partial charge in [-0.1, -0.05) is 64.2 Å². The van der Waals surface area contributed by atoms with E-state index in [1.807, 2.05) is 0 Å². The van der Waals surface area contributed by atoms with Crippen LogP contribution in [-0.4, -0.2) is 23.8 Å². The van der Waals surface area contributed by atoms with Crippen LogP contribution in [0.25, 0.3) is 0 Å². The highest BCUT2D eigenvalue weighted by Gasteiger charge is 2.28. The first-order chi connectivity index (χ1) is 9.90. The maximum absolute atomic E-state index is 9.48. The average molecular weight is 281 g/mol. The fraction of sp³-hybridized carbons (Fsp3) is 1.00. The molecule has 2 aliphatic rings. The van der Waals surface area contributed by atoms with Gasteiger partial charge in [0.25, 0.3) is 0 Å². The molecule has 0 aromatic carbocycles. The first kappa shape index (κ1) is 16.3. The van der Waals surface area contributed by atoms with Crippen molar-refractivity contribution >= 4 is 0 Å². The van der Waals surface area contributed by atoms with Gasteiger partial charge in [-0.3, -0.25) is 0 Å². The highest BCUT2D eigenvalue weighted by atomic mass is 16.3. The van der Waals surface area contributed by atoms with Crippen LogP contribution in [-0.2, 0) is 0 Å². The zero-order valence-electron chi connectivity index (χ0n) is 13.3. The van der Waals surface area contributed by atoms with Crippen molar-refractivity contribution < 1.29 is 5.11 Å². The summed E-state index contributed by atoms with van der Waals surface area (Å²) in [4.78, 5) is 0. The molecular formula is C18H35NO. The van der Waals surface area contributed by atoms with Crippen molar-refractivity contribution in [1.82, 2.24) is 5.32 Å². The van der Waals surface area contributed by atoms with Crippen molar-refractivity contribution in [2.75, 3.05) is 6.61 Å². The lowest BCUT2D eigenvalue weighted by atomic mass is 9.96. The Hall–Kier alpha value is -0.0800. The summed E-state index contributed by atoms with van der Waals surface area (Å²) >= 11 is 0. The molecule has 2 aliphatic carbocycles. The topological polar surface area (TPSA) is 32.3 Å². The van der Waals surface area contributed by atoms with Crippen LogP contribution in [0.2, 0.25) is 0 Å². The fourth-order valence-electron chi connectivity index (χ4n) is 4.11. The number of hydrogen-bond donors (Lipinski definition) is 2. The highest BCUT2D eigenvalue weighted by Crippen LogP contribution is 2.27. The first-order valence-electron chi connectivity index (χ1n) is 9.27. The number of aliphatic hydroxyl groups excluding tert-OH is 1. The molecule has 2 unspecified atom stereocenters. The third kappa shape index (κ3) is 5.73. The summed E-state index contributed by atoms with van der Waals surface area (Å²) in [5.41, 5.74) is 0. The van der Waals surface area contributed by atoms with Crippen LogP contribution in [0.4, 0.5) is 0 Å². The molecule has 0 amide bonds. The van der Waals surface area contributed by atoms with Crippen LogP contribution >= 0.6 is 0 Å². The molecule has 2 saturated carbocycles. The van der Waals surface area contributed by atoms with Crippen LogP contribution in [0, 0.1) is 5.92 Å². The van der Waals surface area contributed by atoms with E-state index in [9.17, 15) is 5.11 Å². The SMILES string of the molecule is OCC1CCCC1NC1CCCCCCCCCCC1. The standard InChI is InChI=1S/C18H35NO/c20-15-16-11-10-14-18(16)19-17-12-8-6-4-2-1-3-5-7-9-13-17/h16-20H,1-15H2. The van der Waals surface area contributed by atoms with Gasteiger partial charge in [-0.05, 0) is 31.6 Å². The Morgan fingerprint density at radius 3 is 1.75 bits per heavy atom. The quantitative estimate of drug-likeness (QED) is 0.803. The third-order valence-electron chi connectivity index (χ3n) is 5.45. The lowest BCUT2D eigenvalue weighted by Crippen LogP contribution is -2.41. The summed E-state index contributed by atoms with van der Waals surface area (Å²) < 4.78 is 0. The molecule has 0 aromatic heterocycles. The zero-order valence-corrected chi connectivity index (χ0v) is 13.3. The summed E-state index contributed by atoms with van der Waals surface area (Å²) in [6.45, 7) is 0.379. The van der Waals surface area contributed by atoms with Crippen molar-refractivity contribution in [2.24, 2.45) is 5.92 Å². The zero-order chi connectivity index (χ0) is 14.0. The van der Waals surface area contributed by atoms with E-state index in [-0.39, 0.29) is 0 Å². The minimum absolute atomic E-state index is 0.379. The van der Waals surface area contributed by atoms with Crippen molar-refractivity contribution in [3.63, 3.8) is 0 Å². The molecule has 20 heavy (non-hydrogen) atoms. The molecule has 0 aromatic rings. The Morgan fingerprint density at radius 1 is 0.650 bits per heavy atom. The number of aliphatic hydroxyl groups is 1. The molecule has 0 radical (unpaired) electrons. The monoisotopic (exact) mass is 281 g/mol. The van der Waals surface area contributed by atoms with Crippen LogP contribution in [0.1, 0.15) is 89.9 Å². The van der Waals surface area contributed by atoms with Gasteiger partial charge in [-0.2, -0.15) is 0 Å². The fourth-order valence-corrected chi connectivity index (χ4v) is 4.11. The number of rotatable bonds is 3. The predicted molar refractivity (Wildman–Crippen MR) is 85.9 cm³/mol. The van der Waals surface area contributed by atoms with E-state index in [0.29, 0.717) is 24.6 Å². The van der Waals surface area contributed by atoms with E-state index in [4.69, 9.17) is 0 Å². The predicted octanol–water partition coefficient (Wildman–Crippen LogP) is 4.41.